The molecule has 10 heavy (non-hydrogen) atoms. The van der Waals surface area contributed by atoms with Crippen molar-refractivity contribution in [1.29, 1.82) is 0 Å². The number of ether oxygens (including phenoxy) is 1. The zero-order valence-electron chi connectivity index (χ0n) is 5.56. The molecule has 0 atom stereocenters. The van der Waals surface area contributed by atoms with E-state index in [1.165, 1.54) is 5.54 Å². The molecule has 2 nitrogen and oxygen atoms in total. The van der Waals surface area contributed by atoms with Crippen LogP contribution in [0.25, 0.3) is 0 Å². The van der Waals surface area contributed by atoms with Gasteiger partial charge in [0.25, 0.3) is 0 Å². The van der Waals surface area contributed by atoms with Crippen LogP contribution >= 0.6 is 23.2 Å². The fraction of sp³-hybridized carbons (Fsp3) is 0.500. The lowest BCUT2D eigenvalue weighted by Gasteiger charge is -1.99. The molecule has 0 aromatic heterocycles. The number of carbonyl (C=O) groups is 1. The van der Waals surface area contributed by atoms with Crippen molar-refractivity contribution in [2.45, 2.75) is 6.92 Å². The van der Waals surface area contributed by atoms with Gasteiger partial charge in [-0.2, -0.15) is 0 Å². The van der Waals surface area contributed by atoms with Gasteiger partial charge in [0.05, 0.1) is 5.88 Å². The van der Waals surface area contributed by atoms with Crippen LogP contribution in [-0.2, 0) is 9.53 Å². The second-order valence-corrected chi connectivity index (χ2v) is 2.21. The topological polar surface area (TPSA) is 26.3 Å². The summed E-state index contributed by atoms with van der Waals surface area (Å²) in [6.07, 6.45) is 0. The van der Waals surface area contributed by atoms with Crippen LogP contribution in [0.5, 0.6) is 0 Å². The highest BCUT2D eigenvalue weighted by atomic mass is 35.5. The fourth-order valence-corrected chi connectivity index (χ4v) is 0.456. The molecule has 4 heteroatoms. The minimum absolute atomic E-state index is 0.225. The number of carbonyl (C=O) groups excluding carboxylic acids is 1. The SMILES string of the molecule is CC(=CCl)C(=O)OCCCl. The molecular formula is C6H8Cl2O2. The number of hydrogen-bond acceptors (Lipinski definition) is 2. The normalized spacial score (nSPS) is 11.3. The molecule has 0 spiro atoms. The van der Waals surface area contributed by atoms with Crippen molar-refractivity contribution < 1.29 is 9.53 Å². The third-order valence-electron chi connectivity index (χ3n) is 0.796. The summed E-state index contributed by atoms with van der Waals surface area (Å²) < 4.78 is 4.62. The van der Waals surface area contributed by atoms with E-state index in [0.717, 1.165) is 0 Å². The molecule has 0 amide bonds. The highest BCUT2D eigenvalue weighted by Gasteiger charge is 2.02. The Kier molecular flexibility index (Phi) is 5.45. The van der Waals surface area contributed by atoms with Gasteiger partial charge in [0.2, 0.25) is 0 Å². The summed E-state index contributed by atoms with van der Waals surface area (Å²) in [4.78, 5) is 10.7. The third kappa shape index (κ3) is 3.75. The molecule has 0 aromatic carbocycles. The molecule has 0 unspecified atom stereocenters. The van der Waals surface area contributed by atoms with Crippen LogP contribution in [0.2, 0.25) is 0 Å². The number of alkyl halides is 1. The van der Waals surface area contributed by atoms with Crippen LogP contribution in [-0.4, -0.2) is 18.5 Å². The van der Waals surface area contributed by atoms with Gasteiger partial charge in [-0.15, -0.1) is 11.6 Å². The summed E-state index contributed by atoms with van der Waals surface area (Å²) in [5.41, 5.74) is 1.56. The van der Waals surface area contributed by atoms with Crippen molar-refractivity contribution in [1.82, 2.24) is 0 Å². The van der Waals surface area contributed by atoms with Crippen molar-refractivity contribution in [3.05, 3.63) is 11.1 Å². The standard InChI is InChI=1S/C6H8Cl2O2/c1-5(4-8)6(9)10-3-2-7/h4H,2-3H2,1H3. The Labute approximate surface area is 69.8 Å². The van der Waals surface area contributed by atoms with Crippen molar-refractivity contribution in [2.75, 3.05) is 12.5 Å². The maximum Gasteiger partial charge on any atom is 0.334 e. The highest BCUT2D eigenvalue weighted by Crippen LogP contribution is 1.98. The van der Waals surface area contributed by atoms with Gasteiger partial charge < -0.3 is 4.74 Å². The van der Waals surface area contributed by atoms with E-state index in [4.69, 9.17) is 23.2 Å². The first kappa shape index (κ1) is 9.79. The minimum Gasteiger partial charge on any atom is -0.461 e. The lowest BCUT2D eigenvalue weighted by Crippen LogP contribution is -2.07. The van der Waals surface area contributed by atoms with Crippen LogP contribution in [0, 0.1) is 0 Å². The van der Waals surface area contributed by atoms with Crippen LogP contribution < -0.4 is 0 Å². The van der Waals surface area contributed by atoms with E-state index in [2.05, 4.69) is 4.74 Å². The van der Waals surface area contributed by atoms with Gasteiger partial charge in [0.1, 0.15) is 6.61 Å². The quantitative estimate of drug-likeness (QED) is 0.379. The van der Waals surface area contributed by atoms with E-state index in [-0.39, 0.29) is 6.61 Å². The predicted octanol–water partition coefficient (Wildman–Crippen LogP) is 1.91. The van der Waals surface area contributed by atoms with Gasteiger partial charge in [-0.05, 0) is 6.92 Å². The van der Waals surface area contributed by atoms with Gasteiger partial charge in [-0.1, -0.05) is 11.6 Å². The summed E-state index contributed by atoms with van der Waals surface area (Å²) in [7, 11) is 0. The Bertz CT molecular complexity index is 143. The number of hydrogen-bond donors (Lipinski definition) is 0. The second kappa shape index (κ2) is 5.57. The van der Waals surface area contributed by atoms with E-state index in [0.29, 0.717) is 11.5 Å². The molecule has 0 fully saturated rings. The third-order valence-corrected chi connectivity index (χ3v) is 1.28. The summed E-state index contributed by atoms with van der Waals surface area (Å²) in [6.45, 7) is 1.80. The average Bonchev–Trinajstić information content (AvgIpc) is 1.98. The largest absolute Gasteiger partial charge is 0.461 e. The van der Waals surface area contributed by atoms with E-state index < -0.39 is 5.97 Å². The second-order valence-electron chi connectivity index (χ2n) is 1.62. The first-order valence-corrected chi connectivity index (χ1v) is 3.69. The van der Waals surface area contributed by atoms with E-state index in [9.17, 15) is 4.79 Å². The van der Waals surface area contributed by atoms with Crippen molar-refractivity contribution in [3.8, 4) is 0 Å². The average molecular weight is 183 g/mol. The maximum atomic E-state index is 10.7. The number of esters is 1. The molecule has 0 aliphatic heterocycles. The van der Waals surface area contributed by atoms with E-state index >= 15 is 0 Å². The highest BCUT2D eigenvalue weighted by molar-refractivity contribution is 6.27. The Hall–Kier alpha value is -0.210. The molecule has 58 valence electrons. The van der Waals surface area contributed by atoms with Crippen LogP contribution in [0.4, 0.5) is 0 Å². The Morgan fingerprint density at radius 2 is 2.30 bits per heavy atom. The molecule has 0 heterocycles. The molecule has 0 saturated heterocycles. The van der Waals surface area contributed by atoms with Crippen molar-refractivity contribution in [2.24, 2.45) is 0 Å². The molecule has 0 rings (SSSR count). The number of rotatable bonds is 3. The van der Waals surface area contributed by atoms with Crippen LogP contribution in [0.3, 0.4) is 0 Å². The summed E-state index contributed by atoms with van der Waals surface area (Å²) in [5.74, 6) is -0.114. The maximum absolute atomic E-state index is 10.7. The Morgan fingerprint density at radius 3 is 2.70 bits per heavy atom. The summed E-state index contributed by atoms with van der Waals surface area (Å²) in [6, 6.07) is 0. The van der Waals surface area contributed by atoms with E-state index in [1.807, 2.05) is 0 Å². The smallest absolute Gasteiger partial charge is 0.334 e. The predicted molar refractivity (Wildman–Crippen MR) is 41.3 cm³/mol. The van der Waals surface area contributed by atoms with E-state index in [1.54, 1.807) is 6.92 Å². The molecule has 0 saturated carbocycles. The molecule has 0 radical (unpaired) electrons. The zero-order valence-corrected chi connectivity index (χ0v) is 7.08. The van der Waals surface area contributed by atoms with Gasteiger partial charge >= 0.3 is 5.97 Å². The molecule has 0 aliphatic carbocycles. The van der Waals surface area contributed by atoms with Gasteiger partial charge in [0, 0.05) is 11.1 Å². The summed E-state index contributed by atoms with van der Waals surface area (Å²) in [5, 5.41) is 0. The van der Waals surface area contributed by atoms with Crippen LogP contribution in [0.15, 0.2) is 11.1 Å². The van der Waals surface area contributed by atoms with Gasteiger partial charge in [-0.25, -0.2) is 4.79 Å². The van der Waals surface area contributed by atoms with Crippen molar-refractivity contribution in [3.63, 3.8) is 0 Å². The molecule has 0 aromatic rings. The first-order valence-electron chi connectivity index (χ1n) is 2.72. The molecular weight excluding hydrogens is 175 g/mol. The fourth-order valence-electron chi connectivity index (χ4n) is 0.290. The number of halogens is 2. The Morgan fingerprint density at radius 1 is 1.70 bits per heavy atom. The summed E-state index contributed by atoms with van der Waals surface area (Å²) >= 11 is 10.5. The molecule has 0 aliphatic rings. The monoisotopic (exact) mass is 182 g/mol. The lowest BCUT2D eigenvalue weighted by molar-refractivity contribution is -0.138. The lowest BCUT2D eigenvalue weighted by atomic mass is 10.4. The molecule has 0 bridgehead atoms. The van der Waals surface area contributed by atoms with Gasteiger partial charge in [-0.3, -0.25) is 0 Å². The van der Waals surface area contributed by atoms with Gasteiger partial charge in [0.15, 0.2) is 0 Å². The first-order chi connectivity index (χ1) is 4.72. The minimum atomic E-state index is -0.421. The zero-order chi connectivity index (χ0) is 7.98. The van der Waals surface area contributed by atoms with Crippen molar-refractivity contribution >= 4 is 29.2 Å². The van der Waals surface area contributed by atoms with Crippen LogP contribution in [0.1, 0.15) is 6.92 Å². The molecule has 0 N–H and O–H groups in total. The Balaban J connectivity index is 3.63.